The topological polar surface area (TPSA) is 74.0 Å². The van der Waals surface area contributed by atoms with Gasteiger partial charge in [-0.2, -0.15) is 9.94 Å². The number of rotatable bonds is 4. The molecule has 4 rings (SSSR count). The molecule has 1 aliphatic rings. The summed E-state index contributed by atoms with van der Waals surface area (Å²) in [6.45, 7) is 1.51. The normalized spacial score (nSPS) is 13.9. The number of nitriles is 1. The maximum Gasteiger partial charge on any atom is 0.291 e. The number of piperidine rings is 1. The molecule has 3 heterocycles. The average Bonchev–Trinajstić information content (AvgIpc) is 3.28. The number of methoxy groups -OCH3 is 1. The molecule has 3 aromatic rings. The number of aromatic nitrogens is 2. The van der Waals surface area contributed by atoms with Crippen LogP contribution in [0.4, 0.5) is 0 Å². The summed E-state index contributed by atoms with van der Waals surface area (Å²) in [7, 11) is 1.63. The first-order valence-corrected chi connectivity index (χ1v) is 10.7. The number of nitrogens with one attached hydrogen (secondary N) is 1. The molecule has 0 saturated carbocycles. The maximum atomic E-state index is 13.1. The van der Waals surface area contributed by atoms with Crippen LogP contribution in [0.1, 0.15) is 24.8 Å². The summed E-state index contributed by atoms with van der Waals surface area (Å²) in [5.41, 5.74) is 1.76. The highest BCUT2D eigenvalue weighted by Gasteiger charge is 2.20. The fraction of sp³-hybridized carbons (Fsp3) is 0.286. The lowest BCUT2D eigenvalue weighted by molar-refractivity contribution is 0.416. The van der Waals surface area contributed by atoms with Crippen LogP contribution in [-0.2, 0) is 0 Å². The van der Waals surface area contributed by atoms with Gasteiger partial charge in [0.2, 0.25) is 0 Å². The summed E-state index contributed by atoms with van der Waals surface area (Å²) < 4.78 is 7.25. The van der Waals surface area contributed by atoms with E-state index in [9.17, 15) is 10.1 Å². The summed E-state index contributed by atoms with van der Waals surface area (Å²) in [5, 5.41) is 13.7. The monoisotopic (exact) mass is 424 g/mol. The fourth-order valence-electron chi connectivity index (χ4n) is 3.67. The number of hydrogen-bond donors (Lipinski definition) is 1. The van der Waals surface area contributed by atoms with Crippen LogP contribution in [0.25, 0.3) is 21.7 Å². The molecule has 148 valence electrons. The van der Waals surface area contributed by atoms with Crippen LogP contribution in [0.3, 0.4) is 0 Å². The lowest BCUT2D eigenvalue weighted by Crippen LogP contribution is -2.46. The molecule has 0 unspecified atom stereocenters. The van der Waals surface area contributed by atoms with E-state index in [1.165, 1.54) is 4.68 Å². The van der Waals surface area contributed by atoms with Gasteiger partial charge in [0.15, 0.2) is 4.77 Å². The van der Waals surface area contributed by atoms with Crippen LogP contribution in [0.15, 0.2) is 40.5 Å². The van der Waals surface area contributed by atoms with E-state index in [2.05, 4.69) is 11.1 Å². The molecule has 1 aliphatic heterocycles. The highest BCUT2D eigenvalue weighted by molar-refractivity contribution is 7.71. The second kappa shape index (κ2) is 8.23. The summed E-state index contributed by atoms with van der Waals surface area (Å²) in [6, 6.07) is 11.7. The van der Waals surface area contributed by atoms with Gasteiger partial charge in [-0.1, -0.05) is 6.07 Å². The molecule has 1 N–H and O–H groups in total. The second-order valence-corrected chi connectivity index (χ2v) is 8.15. The minimum Gasteiger partial charge on any atom is -0.496 e. The predicted molar refractivity (Wildman–Crippen MR) is 118 cm³/mol. The van der Waals surface area contributed by atoms with Crippen LogP contribution in [0, 0.1) is 16.1 Å². The number of aromatic amines is 1. The van der Waals surface area contributed by atoms with E-state index >= 15 is 0 Å². The zero-order valence-electron chi connectivity index (χ0n) is 16.0. The van der Waals surface area contributed by atoms with Crippen molar-refractivity contribution in [3.05, 3.63) is 56.4 Å². The van der Waals surface area contributed by atoms with Crippen molar-refractivity contribution in [2.75, 3.05) is 25.2 Å². The standard InChI is InChI=1S/C21H20N4O2S2/c1-27-17-8-7-14(12-15(17)18-6-5-11-29-18)19-16(13-22)20(26)25(21(28)23-19)24-9-3-2-4-10-24/h5-8,11-12H,2-4,9-10H2,1H3,(H,23,28). The molecule has 0 bridgehead atoms. The fourth-order valence-corrected chi connectivity index (χ4v) is 4.72. The Labute approximate surface area is 177 Å². The largest absolute Gasteiger partial charge is 0.496 e. The third kappa shape index (κ3) is 3.59. The molecular formula is C21H20N4O2S2. The molecule has 0 atom stereocenters. The Morgan fingerprint density at radius 3 is 2.69 bits per heavy atom. The molecule has 1 aromatic carbocycles. The Hall–Kier alpha value is -2.89. The Bertz CT molecular complexity index is 1180. The quantitative estimate of drug-likeness (QED) is 0.632. The number of hydrogen-bond acceptors (Lipinski definition) is 6. The zero-order valence-corrected chi connectivity index (χ0v) is 17.6. The van der Waals surface area contributed by atoms with E-state index < -0.39 is 0 Å². The van der Waals surface area contributed by atoms with Crippen molar-refractivity contribution >= 4 is 23.6 Å². The van der Waals surface area contributed by atoms with Crippen LogP contribution < -0.4 is 15.3 Å². The molecule has 1 fully saturated rings. The summed E-state index contributed by atoms with van der Waals surface area (Å²) in [6.07, 6.45) is 3.16. The minimum atomic E-state index is -0.373. The van der Waals surface area contributed by atoms with E-state index in [1.807, 2.05) is 40.7 Å². The van der Waals surface area contributed by atoms with Gasteiger partial charge in [-0.15, -0.1) is 11.3 Å². The first-order chi connectivity index (χ1) is 14.1. The van der Waals surface area contributed by atoms with Crippen molar-refractivity contribution in [1.82, 2.24) is 9.66 Å². The molecular weight excluding hydrogens is 404 g/mol. The number of ether oxygens (including phenoxy) is 1. The molecule has 0 aliphatic carbocycles. The Kier molecular flexibility index (Phi) is 5.51. The third-order valence-electron chi connectivity index (χ3n) is 5.08. The summed E-state index contributed by atoms with van der Waals surface area (Å²) in [5.74, 6) is 0.731. The average molecular weight is 425 g/mol. The molecule has 0 radical (unpaired) electrons. The van der Waals surface area contributed by atoms with Crippen LogP contribution in [0.5, 0.6) is 5.75 Å². The van der Waals surface area contributed by atoms with Gasteiger partial charge in [0, 0.05) is 29.1 Å². The summed E-state index contributed by atoms with van der Waals surface area (Å²) in [4.78, 5) is 17.3. The first kappa shape index (κ1) is 19.4. The highest BCUT2D eigenvalue weighted by atomic mass is 32.1. The Balaban J connectivity index is 1.88. The maximum absolute atomic E-state index is 13.1. The van der Waals surface area contributed by atoms with E-state index in [0.717, 1.165) is 54.1 Å². The Morgan fingerprint density at radius 1 is 1.24 bits per heavy atom. The number of thiophene rings is 1. The van der Waals surface area contributed by atoms with Crippen LogP contribution in [0.2, 0.25) is 0 Å². The van der Waals surface area contributed by atoms with Crippen molar-refractivity contribution in [3.8, 4) is 33.5 Å². The van der Waals surface area contributed by atoms with Gasteiger partial charge in [0.25, 0.3) is 5.56 Å². The van der Waals surface area contributed by atoms with Crippen molar-refractivity contribution in [3.63, 3.8) is 0 Å². The van der Waals surface area contributed by atoms with Crippen molar-refractivity contribution in [2.24, 2.45) is 0 Å². The molecule has 8 heteroatoms. The Morgan fingerprint density at radius 2 is 2.03 bits per heavy atom. The molecule has 29 heavy (non-hydrogen) atoms. The minimum absolute atomic E-state index is 0.0615. The van der Waals surface area contributed by atoms with Crippen molar-refractivity contribution < 1.29 is 4.74 Å². The molecule has 0 spiro atoms. The molecule has 1 saturated heterocycles. The van der Waals surface area contributed by atoms with E-state index in [1.54, 1.807) is 18.4 Å². The number of H-pyrrole nitrogens is 1. The highest BCUT2D eigenvalue weighted by Crippen LogP contribution is 2.36. The van der Waals surface area contributed by atoms with Gasteiger partial charge in [-0.3, -0.25) is 4.79 Å². The lowest BCUT2D eigenvalue weighted by Gasteiger charge is -2.30. The van der Waals surface area contributed by atoms with Gasteiger partial charge in [0.1, 0.15) is 17.4 Å². The van der Waals surface area contributed by atoms with Crippen LogP contribution in [-0.4, -0.2) is 29.9 Å². The number of benzene rings is 1. The number of nitrogens with zero attached hydrogens (tertiary/aromatic N) is 3. The summed E-state index contributed by atoms with van der Waals surface area (Å²) >= 11 is 7.11. The second-order valence-electron chi connectivity index (χ2n) is 6.82. The lowest BCUT2D eigenvalue weighted by atomic mass is 10.0. The predicted octanol–water partition coefficient (Wildman–Crippen LogP) is 4.30. The molecule has 2 aromatic heterocycles. The SMILES string of the molecule is COc1ccc(-c2[nH]c(=S)n(N3CCCCC3)c(=O)c2C#N)cc1-c1cccs1. The van der Waals surface area contributed by atoms with Gasteiger partial charge in [0.05, 0.1) is 12.8 Å². The van der Waals surface area contributed by atoms with E-state index in [4.69, 9.17) is 17.0 Å². The molecule has 6 nitrogen and oxygen atoms in total. The molecule has 0 amide bonds. The zero-order chi connectivity index (χ0) is 20.4. The van der Waals surface area contributed by atoms with E-state index in [-0.39, 0.29) is 11.1 Å². The van der Waals surface area contributed by atoms with Crippen LogP contribution >= 0.6 is 23.6 Å². The van der Waals surface area contributed by atoms with Gasteiger partial charge >= 0.3 is 0 Å². The van der Waals surface area contributed by atoms with E-state index in [0.29, 0.717) is 10.5 Å². The smallest absolute Gasteiger partial charge is 0.291 e. The van der Waals surface area contributed by atoms with Gasteiger partial charge in [-0.25, -0.2) is 0 Å². The van der Waals surface area contributed by atoms with Gasteiger partial charge < -0.3 is 14.7 Å². The van der Waals surface area contributed by atoms with Crippen molar-refractivity contribution in [1.29, 1.82) is 5.26 Å². The van der Waals surface area contributed by atoms with Gasteiger partial charge in [-0.05, 0) is 61.1 Å². The first-order valence-electron chi connectivity index (χ1n) is 9.41. The third-order valence-corrected chi connectivity index (χ3v) is 6.26. The van der Waals surface area contributed by atoms with Crippen molar-refractivity contribution in [2.45, 2.75) is 19.3 Å².